The Bertz CT molecular complexity index is 911. The van der Waals surface area contributed by atoms with Crippen LogP contribution in [0.1, 0.15) is 64.9 Å². The predicted octanol–water partition coefficient (Wildman–Crippen LogP) is 4.95. The molecule has 5 rings (SSSR count). The minimum absolute atomic E-state index is 0.0713. The number of fused-ring (bicyclic) bond motifs is 5. The van der Waals surface area contributed by atoms with Gasteiger partial charge in [0, 0.05) is 30.5 Å². The Kier molecular flexibility index (Phi) is 5.46. The van der Waals surface area contributed by atoms with Crippen LogP contribution in [0.3, 0.4) is 0 Å². The third kappa shape index (κ3) is 3.24. The number of hydrogen-bond donors (Lipinski definition) is 1. The Morgan fingerprint density at radius 2 is 1.84 bits per heavy atom. The zero-order valence-electron chi connectivity index (χ0n) is 19.8. The number of benzene rings is 1. The molecule has 3 fully saturated rings. The number of carbonyl (C=O) groups excluding carboxylic acids is 2. The standard InChI is InChI=1S/C28H38N2O2/c1-4-30-24-13-10-20-21-11-12-23(26(32)29-18-19-8-6-5-7-9-19)27(21,2)16-14-22(20)28(24,3)17-15-25(30)31/h5-9,15,17,20-24H,4,10-14,16,18H2,1-3H3,(H,29,32)/t20-,21-,22-,23+,24+,27-,28+/m0/s1. The Hall–Kier alpha value is -2.10. The van der Waals surface area contributed by atoms with E-state index in [9.17, 15) is 9.59 Å². The topological polar surface area (TPSA) is 49.4 Å². The molecule has 1 aromatic carbocycles. The molecule has 3 aliphatic carbocycles. The summed E-state index contributed by atoms with van der Waals surface area (Å²) in [5, 5.41) is 3.25. The molecule has 1 aromatic rings. The molecule has 3 saturated carbocycles. The van der Waals surface area contributed by atoms with Crippen LogP contribution in [-0.4, -0.2) is 29.3 Å². The van der Waals surface area contributed by atoms with Crippen LogP contribution in [0.5, 0.6) is 0 Å². The molecule has 7 atom stereocenters. The van der Waals surface area contributed by atoms with E-state index in [-0.39, 0.29) is 28.6 Å². The fourth-order valence-corrected chi connectivity index (χ4v) is 8.31. The van der Waals surface area contributed by atoms with Crippen molar-refractivity contribution in [2.45, 2.75) is 71.9 Å². The Morgan fingerprint density at radius 3 is 2.59 bits per heavy atom. The first-order valence-corrected chi connectivity index (χ1v) is 12.7. The maximum atomic E-state index is 13.3. The van der Waals surface area contributed by atoms with Gasteiger partial charge in [-0.15, -0.1) is 0 Å². The van der Waals surface area contributed by atoms with Crippen molar-refractivity contribution in [2.75, 3.05) is 6.54 Å². The molecular formula is C28H38N2O2. The molecule has 0 bridgehead atoms. The number of rotatable bonds is 4. The lowest BCUT2D eigenvalue weighted by molar-refractivity contribution is -0.144. The average Bonchev–Trinajstić information content (AvgIpc) is 3.16. The number of nitrogens with zero attached hydrogens (tertiary/aromatic N) is 1. The molecule has 0 aromatic heterocycles. The number of amides is 2. The second kappa shape index (κ2) is 8.04. The monoisotopic (exact) mass is 434 g/mol. The summed E-state index contributed by atoms with van der Waals surface area (Å²) in [7, 11) is 0. The third-order valence-electron chi connectivity index (χ3n) is 9.94. The fourth-order valence-electron chi connectivity index (χ4n) is 8.31. The van der Waals surface area contributed by atoms with E-state index in [1.807, 2.05) is 24.3 Å². The lowest BCUT2D eigenvalue weighted by Crippen LogP contribution is -2.60. The highest BCUT2D eigenvalue weighted by Crippen LogP contribution is 2.65. The largest absolute Gasteiger partial charge is 0.352 e. The molecular weight excluding hydrogens is 396 g/mol. The van der Waals surface area contributed by atoms with Gasteiger partial charge < -0.3 is 10.2 Å². The minimum atomic E-state index is 0.0713. The maximum Gasteiger partial charge on any atom is 0.246 e. The second-order valence-electron chi connectivity index (χ2n) is 11.2. The molecule has 4 heteroatoms. The maximum absolute atomic E-state index is 13.3. The first-order chi connectivity index (χ1) is 15.4. The molecule has 0 saturated heterocycles. The highest BCUT2D eigenvalue weighted by Gasteiger charge is 2.61. The molecule has 32 heavy (non-hydrogen) atoms. The van der Waals surface area contributed by atoms with Gasteiger partial charge in [0.1, 0.15) is 0 Å². The van der Waals surface area contributed by atoms with Crippen molar-refractivity contribution < 1.29 is 9.59 Å². The zero-order valence-corrected chi connectivity index (χ0v) is 19.8. The normalized spacial score (nSPS) is 40.4. The summed E-state index contributed by atoms with van der Waals surface area (Å²) in [6.07, 6.45) is 10.9. The van der Waals surface area contributed by atoms with Crippen LogP contribution >= 0.6 is 0 Å². The summed E-state index contributed by atoms with van der Waals surface area (Å²) in [4.78, 5) is 27.9. The van der Waals surface area contributed by atoms with Crippen molar-refractivity contribution in [3.8, 4) is 0 Å². The van der Waals surface area contributed by atoms with Crippen molar-refractivity contribution in [1.29, 1.82) is 0 Å². The van der Waals surface area contributed by atoms with E-state index >= 15 is 0 Å². The summed E-state index contributed by atoms with van der Waals surface area (Å²) >= 11 is 0. The van der Waals surface area contributed by atoms with Gasteiger partial charge in [-0.1, -0.05) is 50.3 Å². The van der Waals surface area contributed by atoms with Crippen LogP contribution < -0.4 is 5.32 Å². The Morgan fingerprint density at radius 1 is 1.06 bits per heavy atom. The minimum Gasteiger partial charge on any atom is -0.352 e. The van der Waals surface area contributed by atoms with Gasteiger partial charge in [-0.25, -0.2) is 0 Å². The molecule has 2 amide bonds. The summed E-state index contributed by atoms with van der Waals surface area (Å²) in [6.45, 7) is 8.33. The number of hydrogen-bond acceptors (Lipinski definition) is 2. The molecule has 172 valence electrons. The van der Waals surface area contributed by atoms with Crippen molar-refractivity contribution in [3.05, 3.63) is 48.0 Å². The van der Waals surface area contributed by atoms with E-state index in [2.05, 4.69) is 49.2 Å². The summed E-state index contributed by atoms with van der Waals surface area (Å²) in [5.41, 5.74) is 1.33. The zero-order chi connectivity index (χ0) is 22.5. The third-order valence-corrected chi connectivity index (χ3v) is 9.94. The van der Waals surface area contributed by atoms with Crippen LogP contribution in [0.4, 0.5) is 0 Å². The summed E-state index contributed by atoms with van der Waals surface area (Å²) in [5.74, 6) is 2.45. The first-order valence-electron chi connectivity index (χ1n) is 12.7. The van der Waals surface area contributed by atoms with Crippen molar-refractivity contribution in [3.63, 3.8) is 0 Å². The average molecular weight is 435 g/mol. The lowest BCUT2D eigenvalue weighted by Gasteiger charge is -2.60. The first kappa shape index (κ1) is 21.7. The van der Waals surface area contributed by atoms with Gasteiger partial charge in [-0.3, -0.25) is 9.59 Å². The van der Waals surface area contributed by atoms with Gasteiger partial charge in [-0.05, 0) is 80.3 Å². The van der Waals surface area contributed by atoms with Crippen molar-refractivity contribution >= 4 is 11.8 Å². The highest BCUT2D eigenvalue weighted by molar-refractivity contribution is 5.89. The second-order valence-corrected chi connectivity index (χ2v) is 11.2. The van der Waals surface area contributed by atoms with Crippen LogP contribution in [0, 0.1) is 34.5 Å². The van der Waals surface area contributed by atoms with Crippen molar-refractivity contribution in [1.82, 2.24) is 10.2 Å². The van der Waals surface area contributed by atoms with Crippen LogP contribution in [0.15, 0.2) is 42.5 Å². The molecule has 1 N–H and O–H groups in total. The van der Waals surface area contributed by atoms with Crippen LogP contribution in [0.25, 0.3) is 0 Å². The molecule has 0 unspecified atom stereocenters. The lowest BCUT2D eigenvalue weighted by atomic mass is 9.47. The van der Waals surface area contributed by atoms with Gasteiger partial charge in [-0.2, -0.15) is 0 Å². The van der Waals surface area contributed by atoms with Gasteiger partial charge in [0.2, 0.25) is 11.8 Å². The molecule has 1 aliphatic heterocycles. The van der Waals surface area contributed by atoms with E-state index in [0.717, 1.165) is 31.4 Å². The van der Waals surface area contributed by atoms with Gasteiger partial charge in [0.25, 0.3) is 0 Å². The van der Waals surface area contributed by atoms with E-state index < -0.39 is 0 Å². The van der Waals surface area contributed by atoms with Gasteiger partial charge >= 0.3 is 0 Å². The predicted molar refractivity (Wildman–Crippen MR) is 126 cm³/mol. The van der Waals surface area contributed by atoms with E-state index in [1.165, 1.54) is 19.3 Å². The van der Waals surface area contributed by atoms with Gasteiger partial charge in [0.15, 0.2) is 0 Å². The van der Waals surface area contributed by atoms with E-state index in [0.29, 0.717) is 30.3 Å². The fraction of sp³-hybridized carbons (Fsp3) is 0.643. The molecule has 1 heterocycles. The molecule has 4 aliphatic rings. The van der Waals surface area contributed by atoms with Crippen LogP contribution in [-0.2, 0) is 16.1 Å². The molecule has 4 nitrogen and oxygen atoms in total. The number of likely N-dealkylation sites (N-methyl/N-ethyl adjacent to an activating group) is 1. The summed E-state index contributed by atoms with van der Waals surface area (Å²) < 4.78 is 0. The van der Waals surface area contributed by atoms with E-state index in [4.69, 9.17) is 0 Å². The quantitative estimate of drug-likeness (QED) is 0.729. The SMILES string of the molecule is CCN1C(=O)C=C[C@]2(C)[C@H]3CC[C@]4(C)[C@@H](C(=O)NCc5ccccc5)CC[C@H]4[C@@H]3CC[C@@H]12. The Labute approximate surface area is 192 Å². The number of carbonyl (C=O) groups is 2. The molecule has 0 spiro atoms. The molecule has 0 radical (unpaired) electrons. The van der Waals surface area contributed by atoms with E-state index in [1.54, 1.807) is 0 Å². The smallest absolute Gasteiger partial charge is 0.246 e. The number of nitrogens with one attached hydrogen (secondary N) is 1. The Balaban J connectivity index is 1.33. The highest BCUT2D eigenvalue weighted by atomic mass is 16.2. The van der Waals surface area contributed by atoms with Crippen LogP contribution in [0.2, 0.25) is 0 Å². The summed E-state index contributed by atoms with van der Waals surface area (Å²) in [6, 6.07) is 10.6. The van der Waals surface area contributed by atoms with Gasteiger partial charge in [0.05, 0.1) is 0 Å². The van der Waals surface area contributed by atoms with Crippen molar-refractivity contribution in [2.24, 2.45) is 34.5 Å².